The minimum atomic E-state index is 0.899. The standard InChI is InChI=1S/C12H24N2/c1-5-9-10(6-2)14-12(8-4)11(13)7-3/h5-9,13H2,1-4H3/b12-11-,14-10?. The lowest BCUT2D eigenvalue weighted by Crippen LogP contribution is -2.03. The molecule has 0 amide bonds. The third-order valence-corrected chi connectivity index (χ3v) is 2.33. The van der Waals surface area contributed by atoms with Crippen LogP contribution in [0, 0.1) is 0 Å². The molecular formula is C12H24N2. The second-order valence-electron chi connectivity index (χ2n) is 3.46. The summed E-state index contributed by atoms with van der Waals surface area (Å²) in [6.07, 6.45) is 5.13. The Morgan fingerprint density at radius 3 is 2.00 bits per heavy atom. The summed E-state index contributed by atoms with van der Waals surface area (Å²) in [5.41, 5.74) is 9.20. The van der Waals surface area contributed by atoms with Crippen molar-refractivity contribution >= 4 is 5.71 Å². The molecule has 0 bridgehead atoms. The lowest BCUT2D eigenvalue weighted by molar-refractivity contribution is 0.919. The SMILES string of the molecule is CCCC(CC)=N/C(CC)=C(\N)CC. The van der Waals surface area contributed by atoms with E-state index in [1.807, 2.05) is 0 Å². The van der Waals surface area contributed by atoms with Crippen molar-refractivity contribution in [2.24, 2.45) is 10.7 Å². The molecule has 0 aliphatic carbocycles. The molecule has 0 aliphatic heterocycles. The van der Waals surface area contributed by atoms with E-state index in [1.54, 1.807) is 0 Å². The third kappa shape index (κ3) is 4.45. The van der Waals surface area contributed by atoms with Crippen LogP contribution in [0.4, 0.5) is 0 Å². The van der Waals surface area contributed by atoms with Crippen LogP contribution in [0.25, 0.3) is 0 Å². The Kier molecular flexibility index (Phi) is 7.17. The van der Waals surface area contributed by atoms with E-state index in [0.29, 0.717) is 0 Å². The minimum absolute atomic E-state index is 0.899. The number of allylic oxidation sites excluding steroid dienone is 2. The molecule has 0 radical (unpaired) electrons. The van der Waals surface area contributed by atoms with Gasteiger partial charge in [0, 0.05) is 11.4 Å². The van der Waals surface area contributed by atoms with Crippen molar-refractivity contribution in [2.45, 2.75) is 59.8 Å². The molecule has 0 aromatic carbocycles. The zero-order chi connectivity index (χ0) is 11.0. The Morgan fingerprint density at radius 1 is 1.00 bits per heavy atom. The number of hydrogen-bond donors (Lipinski definition) is 1. The van der Waals surface area contributed by atoms with E-state index in [2.05, 4.69) is 32.7 Å². The molecule has 0 unspecified atom stereocenters. The van der Waals surface area contributed by atoms with Gasteiger partial charge in [0.05, 0.1) is 5.70 Å². The summed E-state index contributed by atoms with van der Waals surface area (Å²) in [7, 11) is 0. The summed E-state index contributed by atoms with van der Waals surface area (Å²) in [5.74, 6) is 0. The summed E-state index contributed by atoms with van der Waals surface area (Å²) >= 11 is 0. The fourth-order valence-electron chi connectivity index (χ4n) is 1.37. The van der Waals surface area contributed by atoms with Gasteiger partial charge >= 0.3 is 0 Å². The topological polar surface area (TPSA) is 38.4 Å². The van der Waals surface area contributed by atoms with Crippen LogP contribution in [-0.4, -0.2) is 5.71 Å². The van der Waals surface area contributed by atoms with Gasteiger partial charge in [0.1, 0.15) is 0 Å². The molecule has 14 heavy (non-hydrogen) atoms. The van der Waals surface area contributed by atoms with Crippen molar-refractivity contribution in [1.29, 1.82) is 0 Å². The molecule has 0 atom stereocenters. The van der Waals surface area contributed by atoms with Gasteiger partial charge in [0.25, 0.3) is 0 Å². The largest absolute Gasteiger partial charge is 0.401 e. The molecule has 0 rings (SSSR count). The Balaban J connectivity index is 4.69. The van der Waals surface area contributed by atoms with Crippen molar-refractivity contribution in [3.05, 3.63) is 11.4 Å². The monoisotopic (exact) mass is 196 g/mol. The lowest BCUT2D eigenvalue weighted by atomic mass is 10.1. The molecule has 0 saturated heterocycles. The molecule has 0 aliphatic rings. The van der Waals surface area contributed by atoms with Crippen molar-refractivity contribution < 1.29 is 0 Å². The van der Waals surface area contributed by atoms with Gasteiger partial charge in [0.2, 0.25) is 0 Å². The molecule has 0 aromatic heterocycles. The molecule has 82 valence electrons. The van der Waals surface area contributed by atoms with E-state index in [1.165, 1.54) is 5.71 Å². The Labute approximate surface area is 88.3 Å². The van der Waals surface area contributed by atoms with Crippen LogP contribution in [0.1, 0.15) is 59.8 Å². The van der Waals surface area contributed by atoms with Gasteiger partial charge in [0.15, 0.2) is 0 Å². The normalized spacial score (nSPS) is 14.1. The second-order valence-corrected chi connectivity index (χ2v) is 3.46. The summed E-state index contributed by atoms with van der Waals surface area (Å²) in [4.78, 5) is 4.64. The first-order valence-electron chi connectivity index (χ1n) is 5.73. The van der Waals surface area contributed by atoms with E-state index < -0.39 is 0 Å². The van der Waals surface area contributed by atoms with E-state index >= 15 is 0 Å². The van der Waals surface area contributed by atoms with Crippen LogP contribution < -0.4 is 5.73 Å². The van der Waals surface area contributed by atoms with E-state index in [-0.39, 0.29) is 0 Å². The number of hydrogen-bond acceptors (Lipinski definition) is 2. The van der Waals surface area contributed by atoms with Crippen LogP contribution in [0.5, 0.6) is 0 Å². The maximum atomic E-state index is 5.90. The zero-order valence-corrected chi connectivity index (χ0v) is 10.1. The predicted molar refractivity (Wildman–Crippen MR) is 64.4 cm³/mol. The van der Waals surface area contributed by atoms with Gasteiger partial charge in [-0.1, -0.05) is 34.1 Å². The van der Waals surface area contributed by atoms with Crippen LogP contribution in [0.2, 0.25) is 0 Å². The number of aliphatic imine (C=N–C) groups is 1. The quantitative estimate of drug-likeness (QED) is 0.647. The van der Waals surface area contributed by atoms with E-state index in [4.69, 9.17) is 5.73 Å². The van der Waals surface area contributed by atoms with Gasteiger partial charge in [-0.25, -0.2) is 0 Å². The zero-order valence-electron chi connectivity index (χ0n) is 10.1. The number of nitrogens with zero attached hydrogens (tertiary/aromatic N) is 1. The lowest BCUT2D eigenvalue weighted by Gasteiger charge is -2.07. The van der Waals surface area contributed by atoms with Crippen LogP contribution in [0.15, 0.2) is 16.4 Å². The average Bonchev–Trinajstić information content (AvgIpc) is 2.23. The molecule has 2 heteroatoms. The number of rotatable bonds is 6. The fraction of sp³-hybridized carbons (Fsp3) is 0.750. The van der Waals surface area contributed by atoms with E-state index in [0.717, 1.165) is 43.5 Å². The van der Waals surface area contributed by atoms with E-state index in [9.17, 15) is 0 Å². The van der Waals surface area contributed by atoms with Gasteiger partial charge in [-0.05, 0) is 25.7 Å². The maximum absolute atomic E-state index is 5.90. The molecule has 0 fully saturated rings. The fourth-order valence-corrected chi connectivity index (χ4v) is 1.37. The molecule has 0 spiro atoms. The molecule has 0 saturated carbocycles. The highest BCUT2D eigenvalue weighted by atomic mass is 14.8. The average molecular weight is 196 g/mol. The Hall–Kier alpha value is -0.790. The van der Waals surface area contributed by atoms with Gasteiger partial charge in [-0.2, -0.15) is 0 Å². The van der Waals surface area contributed by atoms with Crippen molar-refractivity contribution in [3.8, 4) is 0 Å². The highest BCUT2D eigenvalue weighted by Gasteiger charge is 2.00. The Morgan fingerprint density at radius 2 is 1.64 bits per heavy atom. The highest BCUT2D eigenvalue weighted by Crippen LogP contribution is 2.11. The van der Waals surface area contributed by atoms with Crippen molar-refractivity contribution in [1.82, 2.24) is 0 Å². The molecule has 0 heterocycles. The highest BCUT2D eigenvalue weighted by molar-refractivity contribution is 5.85. The summed E-state index contributed by atoms with van der Waals surface area (Å²) in [5, 5.41) is 0. The summed E-state index contributed by atoms with van der Waals surface area (Å²) in [6.45, 7) is 8.53. The van der Waals surface area contributed by atoms with Gasteiger partial charge in [-0.3, -0.25) is 4.99 Å². The van der Waals surface area contributed by atoms with Crippen LogP contribution in [-0.2, 0) is 0 Å². The smallest absolute Gasteiger partial charge is 0.0586 e. The first-order valence-corrected chi connectivity index (χ1v) is 5.73. The van der Waals surface area contributed by atoms with Crippen molar-refractivity contribution in [3.63, 3.8) is 0 Å². The van der Waals surface area contributed by atoms with Crippen LogP contribution in [0.3, 0.4) is 0 Å². The van der Waals surface area contributed by atoms with Gasteiger partial charge in [-0.15, -0.1) is 0 Å². The first kappa shape index (κ1) is 13.2. The Bertz CT molecular complexity index is 214. The first-order chi connectivity index (χ1) is 6.69. The molecule has 0 aromatic rings. The molecule has 2 nitrogen and oxygen atoms in total. The predicted octanol–water partition coefficient (Wildman–Crippen LogP) is 3.63. The van der Waals surface area contributed by atoms with Crippen LogP contribution >= 0.6 is 0 Å². The van der Waals surface area contributed by atoms with Gasteiger partial charge < -0.3 is 5.73 Å². The second kappa shape index (κ2) is 7.60. The molecule has 2 N–H and O–H groups in total. The summed E-state index contributed by atoms with van der Waals surface area (Å²) in [6, 6.07) is 0. The molecular weight excluding hydrogens is 172 g/mol. The summed E-state index contributed by atoms with van der Waals surface area (Å²) < 4.78 is 0. The van der Waals surface area contributed by atoms with Crippen molar-refractivity contribution in [2.75, 3.05) is 0 Å². The maximum Gasteiger partial charge on any atom is 0.0586 e. The third-order valence-electron chi connectivity index (χ3n) is 2.33. The number of nitrogens with two attached hydrogens (primary N) is 1. The minimum Gasteiger partial charge on any atom is -0.401 e.